The van der Waals surface area contributed by atoms with Gasteiger partial charge in [0.15, 0.2) is 0 Å². The maximum absolute atomic E-state index is 12.3. The molecule has 0 aliphatic rings. The molecule has 3 rings (SSSR count). The van der Waals surface area contributed by atoms with Gasteiger partial charge < -0.3 is 9.30 Å². The Morgan fingerprint density at radius 1 is 1.14 bits per heavy atom. The minimum Gasteiger partial charge on any atom is -0.306 e. The molecule has 0 radical (unpaired) electrons. The molecule has 3 aromatic rings. The van der Waals surface area contributed by atoms with Crippen LogP contribution in [0, 0.1) is 0 Å². The van der Waals surface area contributed by atoms with Gasteiger partial charge in [0.05, 0.1) is 18.4 Å². The van der Waals surface area contributed by atoms with Crippen molar-refractivity contribution in [3.8, 4) is 0 Å². The number of hydrogen-bond donors (Lipinski definition) is 0. The Kier molecular flexibility index (Phi) is 3.69. The van der Waals surface area contributed by atoms with E-state index < -0.39 is 0 Å². The molecule has 0 aliphatic heterocycles. The van der Waals surface area contributed by atoms with Crippen LogP contribution in [0.25, 0.3) is 5.65 Å². The number of imidazole rings is 1. The first kappa shape index (κ1) is 13.4. The Morgan fingerprint density at radius 3 is 2.67 bits per heavy atom. The Hall–Kier alpha value is -2.62. The van der Waals surface area contributed by atoms with Crippen molar-refractivity contribution in [2.24, 2.45) is 0 Å². The molecule has 0 fully saturated rings. The number of rotatable bonds is 4. The summed E-state index contributed by atoms with van der Waals surface area (Å²) in [5.74, 6) is 0.104. The highest BCUT2D eigenvalue weighted by atomic mass is 16.2. The van der Waals surface area contributed by atoms with Gasteiger partial charge in [-0.15, -0.1) is 0 Å². The van der Waals surface area contributed by atoms with Crippen molar-refractivity contribution >= 4 is 17.2 Å². The number of carbonyl (C=O) groups excluding carboxylic acids is 1. The summed E-state index contributed by atoms with van der Waals surface area (Å²) < 4.78 is 2.01. The average Bonchev–Trinajstić information content (AvgIpc) is 2.96. The molecule has 4 nitrogen and oxygen atoms in total. The SMILES string of the molecule is CCC(=O)N(Cc1cnc2ccccn12)c1ccccc1. The molecule has 106 valence electrons. The number of amides is 1. The summed E-state index contributed by atoms with van der Waals surface area (Å²) in [4.78, 5) is 18.4. The van der Waals surface area contributed by atoms with Gasteiger partial charge in [0, 0.05) is 18.3 Å². The van der Waals surface area contributed by atoms with Crippen LogP contribution in [0.3, 0.4) is 0 Å². The van der Waals surface area contributed by atoms with E-state index in [0.717, 1.165) is 17.0 Å². The standard InChI is InChI=1S/C17H17N3O/c1-2-17(21)20(14-8-4-3-5-9-14)13-15-12-18-16-10-6-7-11-19(15)16/h3-12H,2,13H2,1H3. The predicted molar refractivity (Wildman–Crippen MR) is 83.1 cm³/mol. The van der Waals surface area contributed by atoms with Gasteiger partial charge in [-0.1, -0.05) is 31.2 Å². The van der Waals surface area contributed by atoms with Gasteiger partial charge >= 0.3 is 0 Å². The maximum Gasteiger partial charge on any atom is 0.227 e. The molecule has 21 heavy (non-hydrogen) atoms. The number of anilines is 1. The molecule has 0 aliphatic carbocycles. The van der Waals surface area contributed by atoms with E-state index in [4.69, 9.17) is 0 Å². The van der Waals surface area contributed by atoms with Gasteiger partial charge in [0.1, 0.15) is 5.65 Å². The van der Waals surface area contributed by atoms with Gasteiger partial charge in [-0.2, -0.15) is 0 Å². The van der Waals surface area contributed by atoms with Gasteiger partial charge in [0.2, 0.25) is 5.91 Å². The number of para-hydroxylation sites is 1. The third kappa shape index (κ3) is 2.65. The van der Waals surface area contributed by atoms with Crippen molar-refractivity contribution in [3.63, 3.8) is 0 Å². The van der Waals surface area contributed by atoms with Crippen LogP contribution in [0.2, 0.25) is 0 Å². The third-order valence-corrected chi connectivity index (χ3v) is 3.49. The van der Waals surface area contributed by atoms with Crippen LogP contribution < -0.4 is 4.90 Å². The van der Waals surface area contributed by atoms with Crippen LogP contribution in [0.5, 0.6) is 0 Å². The number of hydrogen-bond acceptors (Lipinski definition) is 2. The summed E-state index contributed by atoms with van der Waals surface area (Å²) in [6.45, 7) is 2.40. The van der Waals surface area contributed by atoms with Gasteiger partial charge in [-0.05, 0) is 24.3 Å². The van der Waals surface area contributed by atoms with E-state index >= 15 is 0 Å². The molecule has 0 atom stereocenters. The fraction of sp³-hybridized carbons (Fsp3) is 0.176. The van der Waals surface area contributed by atoms with Crippen LogP contribution in [0.15, 0.2) is 60.9 Å². The highest BCUT2D eigenvalue weighted by molar-refractivity contribution is 5.92. The van der Waals surface area contributed by atoms with Gasteiger partial charge in [-0.3, -0.25) is 4.79 Å². The molecular weight excluding hydrogens is 262 g/mol. The van der Waals surface area contributed by atoms with Crippen molar-refractivity contribution in [3.05, 3.63) is 66.6 Å². The molecule has 0 saturated carbocycles. The quantitative estimate of drug-likeness (QED) is 0.735. The monoisotopic (exact) mass is 279 g/mol. The minimum atomic E-state index is 0.104. The number of benzene rings is 1. The Labute approximate surface area is 123 Å². The van der Waals surface area contributed by atoms with E-state index in [1.54, 1.807) is 4.90 Å². The summed E-state index contributed by atoms with van der Waals surface area (Å²) in [6.07, 6.45) is 4.27. The lowest BCUT2D eigenvalue weighted by atomic mass is 10.2. The van der Waals surface area contributed by atoms with Gasteiger partial charge in [-0.25, -0.2) is 4.98 Å². The molecule has 1 aromatic carbocycles. The first-order valence-electron chi connectivity index (χ1n) is 7.06. The first-order valence-corrected chi connectivity index (χ1v) is 7.06. The lowest BCUT2D eigenvalue weighted by Gasteiger charge is -2.22. The van der Waals surface area contributed by atoms with E-state index in [1.165, 1.54) is 0 Å². The van der Waals surface area contributed by atoms with Crippen LogP contribution in [-0.4, -0.2) is 15.3 Å². The fourth-order valence-electron chi connectivity index (χ4n) is 2.39. The fourth-order valence-corrected chi connectivity index (χ4v) is 2.39. The lowest BCUT2D eigenvalue weighted by Crippen LogP contribution is -2.30. The van der Waals surface area contributed by atoms with Crippen molar-refractivity contribution in [1.82, 2.24) is 9.38 Å². The van der Waals surface area contributed by atoms with Crippen LogP contribution in [0.4, 0.5) is 5.69 Å². The lowest BCUT2D eigenvalue weighted by molar-refractivity contribution is -0.118. The number of carbonyl (C=O) groups is 1. The van der Waals surface area contributed by atoms with Crippen molar-refractivity contribution in [1.29, 1.82) is 0 Å². The van der Waals surface area contributed by atoms with Gasteiger partial charge in [0.25, 0.3) is 0 Å². The second kappa shape index (κ2) is 5.79. The number of nitrogens with zero attached hydrogens (tertiary/aromatic N) is 3. The van der Waals surface area contributed by atoms with Crippen molar-refractivity contribution < 1.29 is 4.79 Å². The summed E-state index contributed by atoms with van der Waals surface area (Å²) in [5.41, 5.74) is 2.80. The number of pyridine rings is 1. The molecule has 0 spiro atoms. The average molecular weight is 279 g/mol. The molecule has 1 amide bonds. The molecular formula is C17H17N3O. The van der Waals surface area contributed by atoms with E-state index in [1.807, 2.05) is 72.2 Å². The summed E-state index contributed by atoms with van der Waals surface area (Å²) in [6, 6.07) is 15.6. The summed E-state index contributed by atoms with van der Waals surface area (Å²) in [5, 5.41) is 0. The molecule has 2 aromatic heterocycles. The minimum absolute atomic E-state index is 0.104. The van der Waals surface area contributed by atoms with Crippen LogP contribution in [0.1, 0.15) is 19.0 Å². The molecule has 2 heterocycles. The maximum atomic E-state index is 12.3. The zero-order chi connectivity index (χ0) is 14.7. The Bertz CT molecular complexity index is 749. The second-order valence-electron chi connectivity index (χ2n) is 4.85. The molecule has 0 bridgehead atoms. The van der Waals surface area contributed by atoms with Crippen molar-refractivity contribution in [2.75, 3.05) is 4.90 Å². The number of aromatic nitrogens is 2. The Balaban J connectivity index is 1.97. The van der Waals surface area contributed by atoms with E-state index in [0.29, 0.717) is 13.0 Å². The van der Waals surface area contributed by atoms with Crippen LogP contribution in [-0.2, 0) is 11.3 Å². The van der Waals surface area contributed by atoms with E-state index in [-0.39, 0.29) is 5.91 Å². The summed E-state index contributed by atoms with van der Waals surface area (Å²) >= 11 is 0. The molecule has 0 unspecified atom stereocenters. The third-order valence-electron chi connectivity index (χ3n) is 3.49. The van der Waals surface area contributed by atoms with Crippen molar-refractivity contribution in [2.45, 2.75) is 19.9 Å². The molecule has 0 saturated heterocycles. The largest absolute Gasteiger partial charge is 0.306 e. The topological polar surface area (TPSA) is 37.6 Å². The molecule has 4 heteroatoms. The smallest absolute Gasteiger partial charge is 0.227 e. The van der Waals surface area contributed by atoms with E-state index in [2.05, 4.69) is 4.98 Å². The highest BCUT2D eigenvalue weighted by Crippen LogP contribution is 2.18. The first-order chi connectivity index (χ1) is 10.3. The zero-order valence-corrected chi connectivity index (χ0v) is 11.9. The molecule has 0 N–H and O–H groups in total. The van der Waals surface area contributed by atoms with E-state index in [9.17, 15) is 4.79 Å². The zero-order valence-electron chi connectivity index (χ0n) is 11.9. The normalized spacial score (nSPS) is 10.7. The summed E-state index contributed by atoms with van der Waals surface area (Å²) in [7, 11) is 0. The Morgan fingerprint density at radius 2 is 1.90 bits per heavy atom. The number of fused-ring (bicyclic) bond motifs is 1. The predicted octanol–water partition coefficient (Wildman–Crippen LogP) is 3.28. The van der Waals surface area contributed by atoms with Crippen LogP contribution >= 0.6 is 0 Å². The highest BCUT2D eigenvalue weighted by Gasteiger charge is 2.16. The second-order valence-corrected chi connectivity index (χ2v) is 4.85.